The van der Waals surface area contributed by atoms with Crippen LogP contribution in [0.15, 0.2) is 5.38 Å². The third-order valence-electron chi connectivity index (χ3n) is 3.37. The average Bonchev–Trinajstić information content (AvgIpc) is 2.63. The van der Waals surface area contributed by atoms with Gasteiger partial charge in [-0.2, -0.15) is 0 Å². The summed E-state index contributed by atoms with van der Waals surface area (Å²) in [5, 5.41) is 13.7. The molecule has 0 radical (unpaired) electrons. The zero-order valence-electron chi connectivity index (χ0n) is 10.8. The van der Waals surface area contributed by atoms with Gasteiger partial charge in [-0.1, -0.05) is 13.8 Å². The third kappa shape index (κ3) is 3.27. The van der Waals surface area contributed by atoms with E-state index in [-0.39, 0.29) is 6.10 Å². The second-order valence-corrected chi connectivity index (χ2v) is 6.33. The number of nitrogens with zero attached hydrogens (tertiary/aromatic N) is 1. The maximum absolute atomic E-state index is 10.6. The lowest BCUT2D eigenvalue weighted by Gasteiger charge is -2.38. The molecule has 2 atom stereocenters. The Balaban J connectivity index is 2.03. The largest absolute Gasteiger partial charge is 0.389 e. The predicted octanol–water partition coefficient (Wildman–Crippen LogP) is 2.56. The maximum Gasteiger partial charge on any atom is 0.0956 e. The number of thiazole rings is 1. The summed E-state index contributed by atoms with van der Waals surface area (Å²) in [6.45, 7) is 6.93. The standard InChI is InChI=1S/C13H21NO2S/c1-9(2)11-6-13(15,4-5-16-11)7-12-14-10(3)8-17-12/h8-9,11,15H,4-7H2,1-3H3. The molecule has 1 aliphatic rings. The van der Waals surface area contributed by atoms with Crippen LogP contribution in [0.5, 0.6) is 0 Å². The molecule has 0 saturated carbocycles. The molecule has 2 heterocycles. The number of rotatable bonds is 3. The first-order valence-electron chi connectivity index (χ1n) is 6.23. The first-order chi connectivity index (χ1) is 7.98. The smallest absolute Gasteiger partial charge is 0.0956 e. The van der Waals surface area contributed by atoms with E-state index in [1.165, 1.54) is 0 Å². The minimum atomic E-state index is -0.628. The normalized spacial score (nSPS) is 29.8. The first-order valence-corrected chi connectivity index (χ1v) is 7.11. The van der Waals surface area contributed by atoms with Crippen molar-refractivity contribution in [2.45, 2.75) is 51.7 Å². The van der Waals surface area contributed by atoms with E-state index in [1.807, 2.05) is 12.3 Å². The highest BCUT2D eigenvalue weighted by atomic mass is 32.1. The van der Waals surface area contributed by atoms with Gasteiger partial charge in [-0.3, -0.25) is 0 Å². The van der Waals surface area contributed by atoms with E-state index in [4.69, 9.17) is 4.74 Å². The average molecular weight is 255 g/mol. The number of ether oxygens (including phenoxy) is 1. The molecule has 17 heavy (non-hydrogen) atoms. The van der Waals surface area contributed by atoms with Crippen molar-refractivity contribution >= 4 is 11.3 Å². The van der Waals surface area contributed by atoms with Crippen molar-refractivity contribution < 1.29 is 9.84 Å². The number of hydrogen-bond acceptors (Lipinski definition) is 4. The van der Waals surface area contributed by atoms with Crippen LogP contribution in [0.1, 0.15) is 37.4 Å². The first kappa shape index (κ1) is 13.0. The number of hydrogen-bond donors (Lipinski definition) is 1. The number of aromatic nitrogens is 1. The van der Waals surface area contributed by atoms with Gasteiger partial charge in [0, 0.05) is 36.9 Å². The Kier molecular flexibility index (Phi) is 3.85. The highest BCUT2D eigenvalue weighted by molar-refractivity contribution is 7.09. The van der Waals surface area contributed by atoms with Gasteiger partial charge in [0.1, 0.15) is 0 Å². The summed E-state index contributed by atoms with van der Waals surface area (Å²) in [6.07, 6.45) is 2.28. The zero-order valence-corrected chi connectivity index (χ0v) is 11.6. The van der Waals surface area contributed by atoms with Gasteiger partial charge in [-0.25, -0.2) is 4.98 Å². The molecule has 96 valence electrons. The van der Waals surface area contributed by atoms with Crippen molar-refractivity contribution in [1.82, 2.24) is 4.98 Å². The number of aryl methyl sites for hydroxylation is 1. The Morgan fingerprint density at radius 2 is 2.41 bits per heavy atom. The molecule has 1 fully saturated rings. The lowest BCUT2D eigenvalue weighted by Crippen LogP contribution is -2.44. The summed E-state index contributed by atoms with van der Waals surface area (Å²) in [5.74, 6) is 0.458. The summed E-state index contributed by atoms with van der Waals surface area (Å²) in [7, 11) is 0. The second-order valence-electron chi connectivity index (χ2n) is 5.39. The Morgan fingerprint density at radius 1 is 1.65 bits per heavy atom. The molecule has 1 saturated heterocycles. The molecule has 0 spiro atoms. The molecule has 1 aromatic heterocycles. The molecular formula is C13H21NO2S. The Hall–Kier alpha value is -0.450. The fourth-order valence-electron chi connectivity index (χ4n) is 2.29. The minimum absolute atomic E-state index is 0.176. The van der Waals surface area contributed by atoms with Crippen LogP contribution in [0.3, 0.4) is 0 Å². The lowest BCUT2D eigenvalue weighted by atomic mass is 9.84. The van der Waals surface area contributed by atoms with E-state index in [1.54, 1.807) is 11.3 Å². The molecule has 0 aromatic carbocycles. The fourth-order valence-corrected chi connectivity index (χ4v) is 3.20. The molecule has 2 unspecified atom stereocenters. The van der Waals surface area contributed by atoms with Crippen LogP contribution in [0.4, 0.5) is 0 Å². The lowest BCUT2D eigenvalue weighted by molar-refractivity contribution is -0.116. The van der Waals surface area contributed by atoms with Gasteiger partial charge in [0.2, 0.25) is 0 Å². The predicted molar refractivity (Wildman–Crippen MR) is 69.3 cm³/mol. The second kappa shape index (κ2) is 5.04. The van der Waals surface area contributed by atoms with E-state index in [0.717, 1.165) is 23.5 Å². The molecule has 1 aliphatic heterocycles. The zero-order chi connectivity index (χ0) is 12.5. The third-order valence-corrected chi connectivity index (χ3v) is 4.34. The summed E-state index contributed by atoms with van der Waals surface area (Å²) in [4.78, 5) is 4.44. The minimum Gasteiger partial charge on any atom is -0.389 e. The van der Waals surface area contributed by atoms with Crippen LogP contribution in [0.2, 0.25) is 0 Å². The topological polar surface area (TPSA) is 42.4 Å². The highest BCUT2D eigenvalue weighted by Gasteiger charge is 2.36. The number of aliphatic hydroxyl groups is 1. The summed E-state index contributed by atoms with van der Waals surface area (Å²) >= 11 is 1.64. The summed E-state index contributed by atoms with van der Waals surface area (Å²) in [6, 6.07) is 0. The quantitative estimate of drug-likeness (QED) is 0.902. The molecule has 2 rings (SSSR count). The maximum atomic E-state index is 10.6. The molecular weight excluding hydrogens is 234 g/mol. The molecule has 0 bridgehead atoms. The van der Waals surface area contributed by atoms with Crippen LogP contribution in [-0.2, 0) is 11.2 Å². The SMILES string of the molecule is Cc1csc(CC2(O)CCOC(C(C)C)C2)n1. The van der Waals surface area contributed by atoms with Gasteiger partial charge in [0.05, 0.1) is 16.7 Å². The van der Waals surface area contributed by atoms with Crippen molar-refractivity contribution in [1.29, 1.82) is 0 Å². The van der Waals surface area contributed by atoms with Gasteiger partial charge >= 0.3 is 0 Å². The van der Waals surface area contributed by atoms with Crippen molar-refractivity contribution in [2.24, 2.45) is 5.92 Å². The Morgan fingerprint density at radius 3 is 3.00 bits per heavy atom. The monoisotopic (exact) mass is 255 g/mol. The summed E-state index contributed by atoms with van der Waals surface area (Å²) < 4.78 is 5.70. The van der Waals surface area contributed by atoms with Crippen molar-refractivity contribution in [3.05, 3.63) is 16.1 Å². The van der Waals surface area contributed by atoms with E-state index >= 15 is 0 Å². The van der Waals surface area contributed by atoms with Crippen molar-refractivity contribution in [2.75, 3.05) is 6.61 Å². The van der Waals surface area contributed by atoms with E-state index < -0.39 is 5.60 Å². The molecule has 0 aliphatic carbocycles. The van der Waals surface area contributed by atoms with Gasteiger partial charge in [0.25, 0.3) is 0 Å². The van der Waals surface area contributed by atoms with E-state index in [2.05, 4.69) is 18.8 Å². The summed E-state index contributed by atoms with van der Waals surface area (Å²) in [5.41, 5.74) is 0.415. The molecule has 4 heteroatoms. The van der Waals surface area contributed by atoms with Gasteiger partial charge < -0.3 is 9.84 Å². The fraction of sp³-hybridized carbons (Fsp3) is 0.769. The molecule has 3 nitrogen and oxygen atoms in total. The van der Waals surface area contributed by atoms with Crippen LogP contribution >= 0.6 is 11.3 Å². The van der Waals surface area contributed by atoms with E-state index in [0.29, 0.717) is 18.9 Å². The van der Waals surface area contributed by atoms with Crippen molar-refractivity contribution in [3.8, 4) is 0 Å². The van der Waals surface area contributed by atoms with Crippen LogP contribution < -0.4 is 0 Å². The van der Waals surface area contributed by atoms with Crippen LogP contribution in [0, 0.1) is 12.8 Å². The van der Waals surface area contributed by atoms with E-state index in [9.17, 15) is 5.11 Å². The Bertz CT molecular complexity index is 377. The van der Waals surface area contributed by atoms with Gasteiger partial charge in [-0.05, 0) is 12.8 Å². The molecule has 0 amide bonds. The molecule has 1 N–H and O–H groups in total. The van der Waals surface area contributed by atoms with Crippen molar-refractivity contribution in [3.63, 3.8) is 0 Å². The van der Waals surface area contributed by atoms with Crippen LogP contribution in [0.25, 0.3) is 0 Å². The van der Waals surface area contributed by atoms with Gasteiger partial charge in [0.15, 0.2) is 0 Å². The highest BCUT2D eigenvalue weighted by Crippen LogP contribution is 2.32. The molecule has 1 aromatic rings. The van der Waals surface area contributed by atoms with Crippen LogP contribution in [-0.4, -0.2) is 28.4 Å². The van der Waals surface area contributed by atoms with Gasteiger partial charge in [-0.15, -0.1) is 11.3 Å². The Labute approximate surface area is 107 Å².